The van der Waals surface area contributed by atoms with E-state index in [9.17, 15) is 4.79 Å². The standard InChI is InChI=1S/C13H17NO4/c1-14-6-5-10(8-14)18-12-4-3-9(17-2)7-11(12)13(15)16/h3-4,7,10H,5-6,8H2,1-2H3,(H,15,16). The van der Waals surface area contributed by atoms with Crippen molar-refractivity contribution in [1.82, 2.24) is 4.90 Å². The van der Waals surface area contributed by atoms with Crippen LogP contribution in [0.15, 0.2) is 18.2 Å². The predicted molar refractivity (Wildman–Crippen MR) is 66.5 cm³/mol. The number of carboxylic acid groups (broad SMARTS) is 1. The Labute approximate surface area is 106 Å². The number of likely N-dealkylation sites (N-methyl/N-ethyl adjacent to an activating group) is 1. The highest BCUT2D eigenvalue weighted by molar-refractivity contribution is 5.91. The van der Waals surface area contributed by atoms with Gasteiger partial charge in [0.25, 0.3) is 0 Å². The summed E-state index contributed by atoms with van der Waals surface area (Å²) in [7, 11) is 3.53. The fraction of sp³-hybridized carbons (Fsp3) is 0.462. The Morgan fingerprint density at radius 3 is 2.83 bits per heavy atom. The maximum absolute atomic E-state index is 11.2. The van der Waals surface area contributed by atoms with Gasteiger partial charge in [-0.05, 0) is 31.7 Å². The average molecular weight is 251 g/mol. The van der Waals surface area contributed by atoms with E-state index in [0.717, 1.165) is 19.5 Å². The smallest absolute Gasteiger partial charge is 0.339 e. The zero-order valence-corrected chi connectivity index (χ0v) is 10.5. The van der Waals surface area contributed by atoms with Crippen molar-refractivity contribution in [3.8, 4) is 11.5 Å². The Morgan fingerprint density at radius 2 is 2.28 bits per heavy atom. The molecule has 18 heavy (non-hydrogen) atoms. The van der Waals surface area contributed by atoms with Gasteiger partial charge in [0.2, 0.25) is 0 Å². The minimum Gasteiger partial charge on any atom is -0.497 e. The number of rotatable bonds is 4. The van der Waals surface area contributed by atoms with Crippen molar-refractivity contribution in [2.75, 3.05) is 27.2 Å². The molecule has 1 saturated heterocycles. The summed E-state index contributed by atoms with van der Waals surface area (Å²) in [4.78, 5) is 13.3. The molecule has 5 heteroatoms. The van der Waals surface area contributed by atoms with Crippen LogP contribution in [-0.2, 0) is 0 Å². The zero-order valence-electron chi connectivity index (χ0n) is 10.5. The quantitative estimate of drug-likeness (QED) is 0.878. The number of likely N-dealkylation sites (tertiary alicyclic amines) is 1. The second-order valence-electron chi connectivity index (χ2n) is 4.46. The summed E-state index contributed by atoms with van der Waals surface area (Å²) in [6.45, 7) is 1.80. The highest BCUT2D eigenvalue weighted by Crippen LogP contribution is 2.26. The molecule has 0 amide bonds. The van der Waals surface area contributed by atoms with Gasteiger partial charge in [-0.1, -0.05) is 0 Å². The number of carboxylic acids is 1. The molecule has 1 atom stereocenters. The van der Waals surface area contributed by atoms with Crippen LogP contribution < -0.4 is 9.47 Å². The number of hydrogen-bond donors (Lipinski definition) is 1. The van der Waals surface area contributed by atoms with Crippen molar-refractivity contribution in [1.29, 1.82) is 0 Å². The monoisotopic (exact) mass is 251 g/mol. The number of hydrogen-bond acceptors (Lipinski definition) is 4. The summed E-state index contributed by atoms with van der Waals surface area (Å²) in [5.41, 5.74) is 0.143. The van der Waals surface area contributed by atoms with Crippen molar-refractivity contribution >= 4 is 5.97 Å². The molecule has 1 fully saturated rings. The molecular weight excluding hydrogens is 234 g/mol. The molecule has 0 aliphatic carbocycles. The SMILES string of the molecule is COc1ccc(OC2CCN(C)C2)c(C(=O)O)c1. The van der Waals surface area contributed by atoms with Crippen LogP contribution in [0.1, 0.15) is 16.8 Å². The molecule has 1 N–H and O–H groups in total. The zero-order chi connectivity index (χ0) is 13.1. The predicted octanol–water partition coefficient (Wildman–Crippen LogP) is 1.48. The highest BCUT2D eigenvalue weighted by atomic mass is 16.5. The fourth-order valence-corrected chi connectivity index (χ4v) is 2.08. The molecule has 1 aliphatic rings. The Hall–Kier alpha value is -1.75. The van der Waals surface area contributed by atoms with Crippen LogP contribution in [0.5, 0.6) is 11.5 Å². The third-order valence-corrected chi connectivity index (χ3v) is 3.06. The molecule has 0 saturated carbocycles. The molecule has 0 spiro atoms. The molecular formula is C13H17NO4. The first-order valence-corrected chi connectivity index (χ1v) is 5.86. The Balaban J connectivity index is 2.18. The second kappa shape index (κ2) is 5.27. The van der Waals surface area contributed by atoms with Crippen molar-refractivity contribution in [2.24, 2.45) is 0 Å². The normalized spacial score (nSPS) is 19.8. The van der Waals surface area contributed by atoms with E-state index in [-0.39, 0.29) is 11.7 Å². The maximum Gasteiger partial charge on any atom is 0.339 e. The lowest BCUT2D eigenvalue weighted by Gasteiger charge is -2.16. The molecule has 0 aromatic heterocycles. The number of aromatic carboxylic acids is 1. The van der Waals surface area contributed by atoms with Gasteiger partial charge in [-0.15, -0.1) is 0 Å². The largest absolute Gasteiger partial charge is 0.497 e. The lowest BCUT2D eigenvalue weighted by atomic mass is 10.2. The highest BCUT2D eigenvalue weighted by Gasteiger charge is 2.23. The van der Waals surface area contributed by atoms with Gasteiger partial charge in [0, 0.05) is 13.1 Å². The van der Waals surface area contributed by atoms with Crippen molar-refractivity contribution in [3.05, 3.63) is 23.8 Å². The van der Waals surface area contributed by atoms with Crippen LogP contribution >= 0.6 is 0 Å². The number of benzene rings is 1. The van der Waals surface area contributed by atoms with Gasteiger partial charge >= 0.3 is 5.97 Å². The summed E-state index contributed by atoms with van der Waals surface area (Å²) in [6, 6.07) is 4.84. The molecule has 1 aliphatic heterocycles. The van der Waals surface area contributed by atoms with Gasteiger partial charge in [-0.2, -0.15) is 0 Å². The molecule has 0 bridgehead atoms. The summed E-state index contributed by atoms with van der Waals surface area (Å²) in [5.74, 6) is -0.0814. The van der Waals surface area contributed by atoms with E-state index in [2.05, 4.69) is 4.90 Å². The molecule has 1 aromatic rings. The number of ether oxygens (including phenoxy) is 2. The van der Waals surface area contributed by atoms with Crippen molar-refractivity contribution < 1.29 is 19.4 Å². The average Bonchev–Trinajstić information content (AvgIpc) is 2.75. The minimum atomic E-state index is -1.00. The van der Waals surface area contributed by atoms with E-state index in [1.165, 1.54) is 13.2 Å². The Bertz CT molecular complexity index is 447. The lowest BCUT2D eigenvalue weighted by molar-refractivity contribution is 0.0689. The van der Waals surface area contributed by atoms with Crippen LogP contribution in [-0.4, -0.2) is 49.3 Å². The van der Waals surface area contributed by atoms with Crippen LogP contribution in [0, 0.1) is 0 Å². The van der Waals surface area contributed by atoms with Crippen molar-refractivity contribution in [3.63, 3.8) is 0 Å². The number of carbonyl (C=O) groups is 1. The first kappa shape index (κ1) is 12.7. The second-order valence-corrected chi connectivity index (χ2v) is 4.46. The van der Waals surface area contributed by atoms with Crippen molar-refractivity contribution in [2.45, 2.75) is 12.5 Å². The van der Waals surface area contributed by atoms with Crippen LogP contribution in [0.25, 0.3) is 0 Å². The lowest BCUT2D eigenvalue weighted by Crippen LogP contribution is -2.22. The fourth-order valence-electron chi connectivity index (χ4n) is 2.08. The van der Waals surface area contributed by atoms with E-state index in [4.69, 9.17) is 14.6 Å². The molecule has 1 aromatic carbocycles. The Morgan fingerprint density at radius 1 is 1.50 bits per heavy atom. The van der Waals surface area contributed by atoms with Gasteiger partial charge in [0.05, 0.1) is 7.11 Å². The third-order valence-electron chi connectivity index (χ3n) is 3.06. The molecule has 98 valence electrons. The minimum absolute atomic E-state index is 0.0569. The van der Waals surface area contributed by atoms with Crippen LogP contribution in [0.2, 0.25) is 0 Å². The molecule has 0 radical (unpaired) electrons. The topological polar surface area (TPSA) is 59.0 Å². The van der Waals surface area contributed by atoms with Gasteiger partial charge in [-0.3, -0.25) is 0 Å². The number of methoxy groups -OCH3 is 1. The van der Waals surface area contributed by atoms with Crippen LogP contribution in [0.4, 0.5) is 0 Å². The van der Waals surface area contributed by atoms with Gasteiger partial charge in [-0.25, -0.2) is 4.79 Å². The van der Waals surface area contributed by atoms with E-state index in [1.807, 2.05) is 7.05 Å². The third kappa shape index (κ3) is 2.73. The Kier molecular flexibility index (Phi) is 3.72. The van der Waals surface area contributed by atoms with E-state index in [1.54, 1.807) is 12.1 Å². The molecule has 5 nitrogen and oxygen atoms in total. The van der Waals surface area contributed by atoms with Gasteiger partial charge in [0.1, 0.15) is 23.2 Å². The first-order chi connectivity index (χ1) is 8.60. The summed E-state index contributed by atoms with van der Waals surface area (Å²) in [6.07, 6.45) is 0.975. The van der Waals surface area contributed by atoms with Gasteiger partial charge in [0.15, 0.2) is 0 Å². The number of nitrogens with zero attached hydrogens (tertiary/aromatic N) is 1. The van der Waals surface area contributed by atoms with E-state index < -0.39 is 5.97 Å². The van der Waals surface area contributed by atoms with Crippen LogP contribution in [0.3, 0.4) is 0 Å². The molecule has 1 heterocycles. The molecule has 2 rings (SSSR count). The molecule has 1 unspecified atom stereocenters. The van der Waals surface area contributed by atoms with E-state index in [0.29, 0.717) is 11.5 Å². The summed E-state index contributed by atoms with van der Waals surface area (Å²) < 4.78 is 10.8. The first-order valence-electron chi connectivity index (χ1n) is 5.86. The maximum atomic E-state index is 11.2. The summed E-state index contributed by atoms with van der Waals surface area (Å²) >= 11 is 0. The van der Waals surface area contributed by atoms with Gasteiger partial charge < -0.3 is 19.5 Å². The summed E-state index contributed by atoms with van der Waals surface area (Å²) in [5, 5.41) is 9.17. The van der Waals surface area contributed by atoms with E-state index >= 15 is 0 Å².